The number of benzene rings is 2. The molecule has 0 radical (unpaired) electrons. The van der Waals surface area contributed by atoms with Gasteiger partial charge in [0.2, 0.25) is 0 Å². The third kappa shape index (κ3) is 6.54. The average molecular weight is 602 g/mol. The number of aliphatic hydroxyl groups is 1. The molecule has 5 N–H and O–H groups in total. The summed E-state index contributed by atoms with van der Waals surface area (Å²) >= 11 is 0. The quantitative estimate of drug-likeness (QED) is 0.220. The fourth-order valence-corrected chi connectivity index (χ4v) is 5.39. The molecule has 0 spiro atoms. The lowest BCUT2D eigenvalue weighted by atomic mass is 10.0. The normalized spacial score (nSPS) is 14.8. The number of nitrogens with one attached hydrogen (secondary N) is 2. The van der Waals surface area contributed by atoms with Crippen molar-refractivity contribution in [3.8, 4) is 5.75 Å². The fraction of sp³-hybridized carbons (Fsp3) is 0.200. The number of rotatable bonds is 6. The third-order valence-corrected chi connectivity index (χ3v) is 7.54. The van der Waals surface area contributed by atoms with Gasteiger partial charge in [0.05, 0.1) is 28.5 Å². The van der Waals surface area contributed by atoms with Crippen LogP contribution in [0.2, 0.25) is 0 Å². The lowest BCUT2D eigenvalue weighted by Gasteiger charge is -2.25. The van der Waals surface area contributed by atoms with Crippen LogP contribution in [0.15, 0.2) is 71.3 Å². The van der Waals surface area contributed by atoms with E-state index in [-0.39, 0.29) is 39.7 Å². The average Bonchev–Trinajstić information content (AvgIpc) is 3.03. The first kappa shape index (κ1) is 29.7. The lowest BCUT2D eigenvalue weighted by molar-refractivity contribution is -0.274. The van der Waals surface area contributed by atoms with Crippen LogP contribution in [0.25, 0.3) is 0 Å². The van der Waals surface area contributed by atoms with Crippen molar-refractivity contribution in [1.82, 2.24) is 4.98 Å². The maximum Gasteiger partial charge on any atom is 0.573 e. The number of aromatic nitrogens is 1. The van der Waals surface area contributed by atoms with Gasteiger partial charge in [-0.05, 0) is 61.0 Å². The van der Waals surface area contributed by atoms with E-state index in [0.29, 0.717) is 6.07 Å². The second kappa shape index (κ2) is 10.6. The van der Waals surface area contributed by atoms with E-state index in [9.17, 15) is 39.9 Å². The van der Waals surface area contributed by atoms with Gasteiger partial charge in [0.15, 0.2) is 0 Å². The highest BCUT2D eigenvalue weighted by Crippen LogP contribution is 2.41. The lowest BCUT2D eigenvalue weighted by Crippen LogP contribution is -2.30. The van der Waals surface area contributed by atoms with Crippen LogP contribution in [0.1, 0.15) is 29.8 Å². The second-order valence-electron chi connectivity index (χ2n) is 8.88. The van der Waals surface area contributed by atoms with Crippen molar-refractivity contribution in [2.45, 2.75) is 37.0 Å². The van der Waals surface area contributed by atoms with Crippen molar-refractivity contribution in [1.29, 1.82) is 5.41 Å². The minimum atomic E-state index is -5.01. The molecule has 3 aromatic rings. The topological polar surface area (TPSA) is 142 Å². The molecule has 0 bridgehead atoms. The molecule has 4 rings (SSSR count). The van der Waals surface area contributed by atoms with Gasteiger partial charge in [-0.1, -0.05) is 12.1 Å². The number of hydrogen-bond donors (Lipinski definition) is 4. The fourth-order valence-electron chi connectivity index (χ4n) is 3.94. The van der Waals surface area contributed by atoms with E-state index in [1.807, 2.05) is 0 Å². The maximum absolute atomic E-state index is 13.8. The molecule has 16 heteroatoms. The smallest absolute Gasteiger partial charge is 0.406 e. The van der Waals surface area contributed by atoms with Crippen LogP contribution in [-0.4, -0.2) is 30.6 Å². The highest BCUT2D eigenvalue weighted by Gasteiger charge is 2.36. The number of sulfonamides is 1. The largest absolute Gasteiger partial charge is 0.573 e. The number of nitrogens with zero attached hydrogens (tertiary/aromatic N) is 2. The summed E-state index contributed by atoms with van der Waals surface area (Å²) < 4.78 is 110. The zero-order chi connectivity index (χ0) is 30.3. The van der Waals surface area contributed by atoms with Crippen LogP contribution < -0.4 is 20.1 Å². The van der Waals surface area contributed by atoms with Gasteiger partial charge in [-0.15, -0.1) is 13.2 Å². The highest BCUT2D eigenvalue weighted by atomic mass is 32.2. The van der Waals surface area contributed by atoms with Crippen LogP contribution in [0, 0.1) is 5.41 Å². The van der Waals surface area contributed by atoms with E-state index < -0.39 is 51.5 Å². The number of nitrogens with two attached hydrogens (primary N) is 1. The first-order valence-corrected chi connectivity index (χ1v) is 13.0. The molecule has 218 valence electrons. The SMILES string of the molecule is C/C(N)=C/C(=N)C(O)c1ccc2c(c1)N(S(=O)(=O)c1ccc(OC(F)(F)F)cc1)Cc1ccc(C(F)(F)F)nc1N2. The summed E-state index contributed by atoms with van der Waals surface area (Å²) in [5.41, 5.74) is 4.20. The molecule has 41 heavy (non-hydrogen) atoms. The van der Waals surface area contributed by atoms with Gasteiger partial charge in [0.25, 0.3) is 10.0 Å². The molecule has 0 amide bonds. The molecular formula is C25H21F6N5O4S. The summed E-state index contributed by atoms with van der Waals surface area (Å²) in [6.07, 6.45) is -10.2. The minimum absolute atomic E-state index is 0.01000. The summed E-state index contributed by atoms with van der Waals surface area (Å²) in [5, 5.41) is 21.4. The highest BCUT2D eigenvalue weighted by molar-refractivity contribution is 7.92. The van der Waals surface area contributed by atoms with E-state index in [2.05, 4.69) is 15.0 Å². The summed E-state index contributed by atoms with van der Waals surface area (Å²) in [6.45, 7) is 0.948. The number of fused-ring (bicyclic) bond motifs is 2. The van der Waals surface area contributed by atoms with E-state index >= 15 is 0 Å². The summed E-state index contributed by atoms with van der Waals surface area (Å²) in [5.74, 6) is -0.953. The molecule has 2 aromatic carbocycles. The zero-order valence-electron chi connectivity index (χ0n) is 20.9. The van der Waals surface area contributed by atoms with Crippen molar-refractivity contribution >= 4 is 32.9 Å². The summed E-state index contributed by atoms with van der Waals surface area (Å²) in [7, 11) is -4.58. The van der Waals surface area contributed by atoms with Crippen molar-refractivity contribution in [3.63, 3.8) is 0 Å². The Morgan fingerprint density at radius 3 is 2.37 bits per heavy atom. The Kier molecular flexibility index (Phi) is 7.66. The molecule has 0 fully saturated rings. The van der Waals surface area contributed by atoms with Crippen LogP contribution in [-0.2, 0) is 22.7 Å². The minimum Gasteiger partial charge on any atom is -0.406 e. The molecule has 1 aliphatic heterocycles. The standard InChI is InChI=1S/C25H21F6N5O4S/c1-13(32)10-18(33)22(37)14-2-8-19-20(11-14)36(12-15-3-9-21(24(26,27)28)35-23(15)34-19)41(38,39)17-6-4-16(5-7-17)40-25(29,30)31/h2-11,22,33,37H,12,32H2,1H3,(H,34,35)/b13-10-,33-18?. The monoisotopic (exact) mass is 601 g/mol. The van der Waals surface area contributed by atoms with Gasteiger partial charge in [0.1, 0.15) is 23.4 Å². The Balaban J connectivity index is 1.85. The number of hydrogen-bond acceptors (Lipinski definition) is 8. The van der Waals surface area contributed by atoms with E-state index in [1.54, 1.807) is 0 Å². The van der Waals surface area contributed by atoms with Crippen LogP contribution in [0.5, 0.6) is 5.75 Å². The van der Waals surface area contributed by atoms with Gasteiger partial charge in [-0.3, -0.25) is 4.31 Å². The number of aliphatic hydroxyl groups excluding tert-OH is 1. The number of allylic oxidation sites excluding steroid dienone is 1. The van der Waals surface area contributed by atoms with Gasteiger partial charge < -0.3 is 26.3 Å². The Bertz CT molecular complexity index is 1620. The van der Waals surface area contributed by atoms with Gasteiger partial charge in [0, 0.05) is 11.3 Å². The Hall–Kier alpha value is -4.31. The molecule has 2 heterocycles. The Morgan fingerprint density at radius 2 is 1.78 bits per heavy atom. The number of alkyl halides is 6. The van der Waals surface area contributed by atoms with Gasteiger partial charge in [-0.2, -0.15) is 13.2 Å². The van der Waals surface area contributed by atoms with Crippen molar-refractivity contribution in [2.75, 3.05) is 9.62 Å². The maximum atomic E-state index is 13.8. The van der Waals surface area contributed by atoms with Crippen LogP contribution in [0.3, 0.4) is 0 Å². The molecular weight excluding hydrogens is 580 g/mol. The molecule has 1 aromatic heterocycles. The summed E-state index contributed by atoms with van der Waals surface area (Å²) in [6, 6.07) is 8.92. The van der Waals surface area contributed by atoms with Gasteiger partial charge in [-0.25, -0.2) is 13.4 Å². The van der Waals surface area contributed by atoms with Gasteiger partial charge >= 0.3 is 12.5 Å². The molecule has 0 saturated carbocycles. The van der Waals surface area contributed by atoms with Crippen molar-refractivity contribution in [2.24, 2.45) is 5.73 Å². The summed E-state index contributed by atoms with van der Waals surface area (Å²) in [4.78, 5) is 3.15. The first-order chi connectivity index (χ1) is 19.0. The predicted octanol–water partition coefficient (Wildman–Crippen LogP) is 5.37. The molecule has 1 atom stereocenters. The number of halogens is 6. The number of anilines is 3. The molecule has 1 unspecified atom stereocenters. The molecule has 1 aliphatic rings. The van der Waals surface area contributed by atoms with E-state index in [4.69, 9.17) is 11.1 Å². The Morgan fingerprint density at radius 1 is 1.12 bits per heavy atom. The zero-order valence-corrected chi connectivity index (χ0v) is 21.7. The Labute approximate surface area is 229 Å². The molecule has 9 nitrogen and oxygen atoms in total. The number of pyridine rings is 1. The molecule has 0 aliphatic carbocycles. The second-order valence-corrected chi connectivity index (χ2v) is 10.7. The van der Waals surface area contributed by atoms with E-state index in [0.717, 1.165) is 34.6 Å². The van der Waals surface area contributed by atoms with Crippen molar-refractivity contribution in [3.05, 3.63) is 83.2 Å². The molecule has 0 saturated heterocycles. The number of ether oxygens (including phenoxy) is 1. The first-order valence-electron chi connectivity index (χ1n) is 11.5. The predicted molar refractivity (Wildman–Crippen MR) is 136 cm³/mol. The van der Waals surface area contributed by atoms with Crippen LogP contribution in [0.4, 0.5) is 43.5 Å². The third-order valence-electron chi connectivity index (χ3n) is 5.77. The van der Waals surface area contributed by atoms with Crippen molar-refractivity contribution < 1.29 is 44.6 Å². The van der Waals surface area contributed by atoms with Crippen LogP contribution >= 0.6 is 0 Å². The van der Waals surface area contributed by atoms with E-state index in [1.165, 1.54) is 31.2 Å².